The molecule has 0 saturated heterocycles. The van der Waals surface area contributed by atoms with Crippen molar-refractivity contribution in [3.63, 3.8) is 0 Å². The molecule has 1 amide bonds. The molecule has 2 N–H and O–H groups in total. The molecule has 4 nitrogen and oxygen atoms in total. The summed E-state index contributed by atoms with van der Waals surface area (Å²) in [6, 6.07) is 7.55. The Labute approximate surface area is 108 Å². The van der Waals surface area contributed by atoms with E-state index in [1.54, 1.807) is 5.38 Å². The molecule has 1 aromatic carbocycles. The van der Waals surface area contributed by atoms with E-state index in [0.29, 0.717) is 5.56 Å². The minimum absolute atomic E-state index is 0.361. The van der Waals surface area contributed by atoms with E-state index in [1.807, 2.05) is 24.3 Å². The van der Waals surface area contributed by atoms with Crippen molar-refractivity contribution < 1.29 is 14.7 Å². The average Bonchev–Trinajstić information content (AvgIpc) is 2.71. The third-order valence-corrected chi connectivity index (χ3v) is 3.65. The first kappa shape index (κ1) is 12.6. The Morgan fingerprint density at radius 2 is 1.94 bits per heavy atom. The number of aliphatic carboxylic acids is 1. The number of rotatable bonds is 3. The Bertz CT molecular complexity index is 615. The van der Waals surface area contributed by atoms with E-state index in [2.05, 4.69) is 5.32 Å². The van der Waals surface area contributed by atoms with Crippen LogP contribution in [0.25, 0.3) is 10.1 Å². The third kappa shape index (κ3) is 2.22. The number of carboxylic acids is 1. The van der Waals surface area contributed by atoms with Crippen molar-refractivity contribution in [2.45, 2.75) is 19.4 Å². The van der Waals surface area contributed by atoms with Crippen LogP contribution in [-0.2, 0) is 4.79 Å². The van der Waals surface area contributed by atoms with Crippen LogP contribution in [0, 0.1) is 0 Å². The highest BCUT2D eigenvalue weighted by molar-refractivity contribution is 7.17. The minimum Gasteiger partial charge on any atom is -0.480 e. The molecule has 0 aliphatic carbocycles. The monoisotopic (exact) mass is 263 g/mol. The van der Waals surface area contributed by atoms with E-state index < -0.39 is 11.5 Å². The van der Waals surface area contributed by atoms with Crippen LogP contribution in [-0.4, -0.2) is 22.5 Å². The lowest BCUT2D eigenvalue weighted by molar-refractivity contribution is -0.143. The molecule has 0 aliphatic rings. The van der Waals surface area contributed by atoms with Crippen molar-refractivity contribution in [3.05, 3.63) is 35.2 Å². The molecule has 0 bridgehead atoms. The summed E-state index contributed by atoms with van der Waals surface area (Å²) in [5, 5.41) is 14.1. The number of amides is 1. The average molecular weight is 263 g/mol. The summed E-state index contributed by atoms with van der Waals surface area (Å²) < 4.78 is 1.01. The van der Waals surface area contributed by atoms with Crippen molar-refractivity contribution in [1.29, 1.82) is 0 Å². The Hall–Kier alpha value is -1.88. The zero-order chi connectivity index (χ0) is 13.3. The summed E-state index contributed by atoms with van der Waals surface area (Å²) in [5.41, 5.74) is -0.759. The van der Waals surface area contributed by atoms with Crippen LogP contribution >= 0.6 is 11.3 Å². The fourth-order valence-electron chi connectivity index (χ4n) is 1.56. The third-order valence-electron chi connectivity index (χ3n) is 2.69. The molecule has 1 heterocycles. The molecule has 5 heteroatoms. The van der Waals surface area contributed by atoms with Gasteiger partial charge >= 0.3 is 5.97 Å². The van der Waals surface area contributed by atoms with Gasteiger partial charge in [0, 0.05) is 15.5 Å². The highest BCUT2D eigenvalue weighted by atomic mass is 32.1. The topological polar surface area (TPSA) is 66.4 Å². The van der Waals surface area contributed by atoms with Crippen LogP contribution in [0.15, 0.2) is 29.6 Å². The van der Waals surface area contributed by atoms with E-state index in [9.17, 15) is 9.59 Å². The van der Waals surface area contributed by atoms with Crippen molar-refractivity contribution in [2.75, 3.05) is 0 Å². The van der Waals surface area contributed by atoms with Gasteiger partial charge in [0.2, 0.25) is 0 Å². The molecular weight excluding hydrogens is 250 g/mol. The fraction of sp³-hybridized carbons (Fsp3) is 0.231. The maximum absolute atomic E-state index is 12.1. The number of nitrogens with one attached hydrogen (secondary N) is 1. The lowest BCUT2D eigenvalue weighted by Gasteiger charge is -2.20. The smallest absolute Gasteiger partial charge is 0.328 e. The van der Waals surface area contributed by atoms with Gasteiger partial charge in [-0.05, 0) is 19.9 Å². The summed E-state index contributed by atoms with van der Waals surface area (Å²) in [6.07, 6.45) is 0. The molecule has 0 radical (unpaired) electrons. The van der Waals surface area contributed by atoms with Gasteiger partial charge in [-0.25, -0.2) is 4.79 Å². The van der Waals surface area contributed by atoms with E-state index in [4.69, 9.17) is 5.11 Å². The summed E-state index contributed by atoms with van der Waals surface area (Å²) in [7, 11) is 0. The number of benzene rings is 1. The van der Waals surface area contributed by atoms with E-state index in [0.717, 1.165) is 10.1 Å². The second kappa shape index (κ2) is 4.42. The molecule has 0 aliphatic heterocycles. The highest BCUT2D eigenvalue weighted by Crippen LogP contribution is 2.25. The van der Waals surface area contributed by atoms with Gasteiger partial charge in [0.05, 0.1) is 5.56 Å². The Balaban J connectivity index is 2.32. The van der Waals surface area contributed by atoms with Crippen molar-refractivity contribution in [1.82, 2.24) is 5.32 Å². The summed E-state index contributed by atoms with van der Waals surface area (Å²) >= 11 is 1.47. The van der Waals surface area contributed by atoms with Crippen LogP contribution in [0.4, 0.5) is 0 Å². The first-order valence-electron chi connectivity index (χ1n) is 5.44. The molecule has 0 fully saturated rings. The van der Waals surface area contributed by atoms with Crippen LogP contribution < -0.4 is 5.32 Å². The van der Waals surface area contributed by atoms with Gasteiger partial charge in [0.1, 0.15) is 5.54 Å². The predicted molar refractivity (Wildman–Crippen MR) is 71.0 cm³/mol. The lowest BCUT2D eigenvalue weighted by atomic mass is 10.1. The molecule has 0 spiro atoms. The number of thiophene rings is 1. The molecule has 2 rings (SSSR count). The summed E-state index contributed by atoms with van der Waals surface area (Å²) in [5.74, 6) is -1.42. The zero-order valence-electron chi connectivity index (χ0n) is 10.1. The lowest BCUT2D eigenvalue weighted by Crippen LogP contribution is -2.49. The summed E-state index contributed by atoms with van der Waals surface area (Å²) in [4.78, 5) is 23.0. The van der Waals surface area contributed by atoms with Crippen LogP contribution in [0.3, 0.4) is 0 Å². The molecular formula is C13H13NO3S. The SMILES string of the molecule is CC(C)(NC(=O)c1csc2ccccc12)C(=O)O. The van der Waals surface area contributed by atoms with Crippen LogP contribution in [0.1, 0.15) is 24.2 Å². The van der Waals surface area contributed by atoms with E-state index >= 15 is 0 Å². The number of fused-ring (bicyclic) bond motifs is 1. The summed E-state index contributed by atoms with van der Waals surface area (Å²) in [6.45, 7) is 2.92. The quantitative estimate of drug-likeness (QED) is 0.894. The number of carbonyl (C=O) groups is 2. The standard InChI is InChI=1S/C13H13NO3S/c1-13(2,12(16)17)14-11(15)9-7-18-10-6-4-3-5-8(9)10/h3-7H,1-2H3,(H,14,15)(H,16,17). The van der Waals surface area contributed by atoms with E-state index in [-0.39, 0.29) is 5.91 Å². The molecule has 18 heavy (non-hydrogen) atoms. The first-order valence-corrected chi connectivity index (χ1v) is 6.32. The van der Waals surface area contributed by atoms with E-state index in [1.165, 1.54) is 25.2 Å². The van der Waals surface area contributed by atoms with Gasteiger partial charge in [0.15, 0.2) is 0 Å². The van der Waals surface area contributed by atoms with Gasteiger partial charge < -0.3 is 10.4 Å². The predicted octanol–water partition coefficient (Wildman–Crippen LogP) is 2.49. The molecule has 94 valence electrons. The molecule has 0 unspecified atom stereocenters. The zero-order valence-corrected chi connectivity index (χ0v) is 10.9. The van der Waals surface area contributed by atoms with Crippen LogP contribution in [0.5, 0.6) is 0 Å². The highest BCUT2D eigenvalue weighted by Gasteiger charge is 2.29. The molecule has 0 saturated carbocycles. The van der Waals surface area contributed by atoms with Crippen molar-refractivity contribution in [3.8, 4) is 0 Å². The number of carboxylic acid groups (broad SMARTS) is 1. The van der Waals surface area contributed by atoms with Gasteiger partial charge in [-0.3, -0.25) is 4.79 Å². The van der Waals surface area contributed by atoms with Gasteiger partial charge in [0.25, 0.3) is 5.91 Å². The maximum Gasteiger partial charge on any atom is 0.328 e. The van der Waals surface area contributed by atoms with Crippen molar-refractivity contribution in [2.24, 2.45) is 0 Å². The molecule has 1 aromatic heterocycles. The molecule has 2 aromatic rings. The Morgan fingerprint density at radius 3 is 2.61 bits per heavy atom. The number of hydrogen-bond donors (Lipinski definition) is 2. The van der Waals surface area contributed by atoms with Crippen molar-refractivity contribution >= 4 is 33.3 Å². The normalized spacial score (nSPS) is 11.4. The second-order valence-electron chi connectivity index (χ2n) is 4.53. The largest absolute Gasteiger partial charge is 0.480 e. The number of hydrogen-bond acceptors (Lipinski definition) is 3. The fourth-order valence-corrected chi connectivity index (χ4v) is 2.50. The minimum atomic E-state index is -1.28. The molecule has 0 atom stereocenters. The Morgan fingerprint density at radius 1 is 1.28 bits per heavy atom. The maximum atomic E-state index is 12.1. The second-order valence-corrected chi connectivity index (χ2v) is 5.44. The van der Waals surface area contributed by atoms with Gasteiger partial charge in [-0.2, -0.15) is 0 Å². The number of carbonyl (C=O) groups excluding carboxylic acids is 1. The first-order chi connectivity index (χ1) is 8.42. The van der Waals surface area contributed by atoms with Crippen LogP contribution in [0.2, 0.25) is 0 Å². The Kier molecular flexibility index (Phi) is 3.09. The van der Waals surface area contributed by atoms with Gasteiger partial charge in [-0.1, -0.05) is 18.2 Å². The van der Waals surface area contributed by atoms with Gasteiger partial charge in [-0.15, -0.1) is 11.3 Å².